The van der Waals surface area contributed by atoms with Crippen LogP contribution in [0.4, 0.5) is 0 Å². The van der Waals surface area contributed by atoms with Crippen molar-refractivity contribution in [2.75, 3.05) is 45.9 Å². The highest BCUT2D eigenvalue weighted by molar-refractivity contribution is 7.89. The van der Waals surface area contributed by atoms with Crippen molar-refractivity contribution in [3.63, 3.8) is 0 Å². The first kappa shape index (κ1) is 18.4. The number of imidazole rings is 1. The molecule has 1 aliphatic rings. The average molecular weight is 344 g/mol. The molecule has 0 saturated carbocycles. The molecule has 0 spiro atoms. The quantitative estimate of drug-likeness (QED) is 0.667. The van der Waals surface area contributed by atoms with E-state index in [2.05, 4.69) is 16.8 Å². The third kappa shape index (κ3) is 5.27. The van der Waals surface area contributed by atoms with E-state index in [-0.39, 0.29) is 5.03 Å². The normalized spacial score (nSPS) is 17.0. The zero-order valence-corrected chi connectivity index (χ0v) is 15.0. The summed E-state index contributed by atoms with van der Waals surface area (Å²) in [6.07, 6.45) is 5.76. The van der Waals surface area contributed by atoms with Gasteiger partial charge in [0.2, 0.25) is 0 Å². The van der Waals surface area contributed by atoms with E-state index >= 15 is 0 Å². The van der Waals surface area contributed by atoms with E-state index in [9.17, 15) is 8.42 Å². The van der Waals surface area contributed by atoms with Crippen LogP contribution in [0.3, 0.4) is 0 Å². The van der Waals surface area contributed by atoms with Gasteiger partial charge in [0, 0.05) is 39.4 Å². The minimum Gasteiger partial charge on any atom is -0.379 e. The number of nitrogens with zero attached hydrogens (tertiary/aromatic N) is 4. The summed E-state index contributed by atoms with van der Waals surface area (Å²) in [5.74, 6) is 0. The van der Waals surface area contributed by atoms with Gasteiger partial charge in [0.15, 0.2) is 5.03 Å². The maximum atomic E-state index is 12.8. The number of sulfonamides is 1. The van der Waals surface area contributed by atoms with Crippen molar-refractivity contribution >= 4 is 10.0 Å². The predicted molar refractivity (Wildman–Crippen MR) is 88.8 cm³/mol. The van der Waals surface area contributed by atoms with Crippen molar-refractivity contribution < 1.29 is 13.2 Å². The molecule has 0 unspecified atom stereocenters. The highest BCUT2D eigenvalue weighted by Gasteiger charge is 2.26. The van der Waals surface area contributed by atoms with Crippen molar-refractivity contribution in [1.82, 2.24) is 18.8 Å². The number of morpholine rings is 1. The Kier molecular flexibility index (Phi) is 7.01. The third-order valence-electron chi connectivity index (χ3n) is 4.03. The van der Waals surface area contributed by atoms with Crippen molar-refractivity contribution in [1.29, 1.82) is 0 Å². The van der Waals surface area contributed by atoms with Crippen LogP contribution < -0.4 is 0 Å². The fourth-order valence-electron chi connectivity index (χ4n) is 2.64. The molecule has 23 heavy (non-hydrogen) atoms. The fraction of sp³-hybridized carbons (Fsp3) is 0.800. The Labute approximate surface area is 139 Å². The zero-order chi connectivity index (χ0) is 16.7. The lowest BCUT2D eigenvalue weighted by atomic mass is 10.3. The van der Waals surface area contributed by atoms with Gasteiger partial charge in [-0.15, -0.1) is 0 Å². The maximum absolute atomic E-state index is 12.8. The molecule has 8 heteroatoms. The van der Waals surface area contributed by atoms with Gasteiger partial charge in [-0.25, -0.2) is 13.4 Å². The van der Waals surface area contributed by atoms with Crippen LogP contribution >= 0.6 is 0 Å². The standard InChI is InChI=1S/C15H28N4O3S/c1-3-4-7-19(8-5-6-18-9-11-22-12-10-18)23(20,21)15-13-17(2)14-16-15/h13-14H,3-12H2,1-2H3. The Hall–Kier alpha value is -0.960. The van der Waals surface area contributed by atoms with Gasteiger partial charge in [-0.3, -0.25) is 4.90 Å². The smallest absolute Gasteiger partial charge is 0.262 e. The molecule has 1 fully saturated rings. The summed E-state index contributed by atoms with van der Waals surface area (Å²) >= 11 is 0. The molecule has 0 atom stereocenters. The number of hydrogen-bond acceptors (Lipinski definition) is 5. The van der Waals surface area contributed by atoms with Crippen LogP contribution in [-0.2, 0) is 21.8 Å². The molecular formula is C15H28N4O3S. The molecule has 132 valence electrons. The number of aromatic nitrogens is 2. The minimum atomic E-state index is -3.50. The van der Waals surface area contributed by atoms with Gasteiger partial charge in [-0.05, 0) is 19.4 Å². The molecule has 0 aromatic carbocycles. The van der Waals surface area contributed by atoms with Gasteiger partial charge in [0.25, 0.3) is 10.0 Å². The van der Waals surface area contributed by atoms with E-state index in [1.165, 1.54) is 6.33 Å². The van der Waals surface area contributed by atoms with Crippen LogP contribution in [0.5, 0.6) is 0 Å². The summed E-state index contributed by atoms with van der Waals surface area (Å²) < 4.78 is 34.1. The fourth-order valence-corrected chi connectivity index (χ4v) is 4.12. The second-order valence-corrected chi connectivity index (χ2v) is 7.83. The first-order valence-corrected chi connectivity index (χ1v) is 9.76. The summed E-state index contributed by atoms with van der Waals surface area (Å²) in [6, 6.07) is 0. The minimum absolute atomic E-state index is 0.141. The number of unbranched alkanes of at least 4 members (excludes halogenated alkanes) is 1. The Morgan fingerprint density at radius 2 is 1.96 bits per heavy atom. The van der Waals surface area contributed by atoms with E-state index in [1.54, 1.807) is 22.1 Å². The lowest BCUT2D eigenvalue weighted by Gasteiger charge is -2.28. The largest absolute Gasteiger partial charge is 0.379 e. The van der Waals surface area contributed by atoms with Crippen LogP contribution in [0, 0.1) is 0 Å². The Morgan fingerprint density at radius 3 is 2.57 bits per heavy atom. The van der Waals surface area contributed by atoms with Crippen LogP contribution in [0.1, 0.15) is 26.2 Å². The van der Waals surface area contributed by atoms with Crippen molar-refractivity contribution in [3.8, 4) is 0 Å². The molecule has 0 bridgehead atoms. The predicted octanol–water partition coefficient (Wildman–Crippen LogP) is 0.933. The number of rotatable bonds is 9. The summed E-state index contributed by atoms with van der Waals surface area (Å²) in [5.41, 5.74) is 0. The van der Waals surface area contributed by atoms with Crippen LogP contribution in [-0.4, -0.2) is 73.1 Å². The lowest BCUT2D eigenvalue weighted by molar-refractivity contribution is 0.0369. The highest BCUT2D eigenvalue weighted by Crippen LogP contribution is 2.15. The maximum Gasteiger partial charge on any atom is 0.262 e. The number of ether oxygens (including phenoxy) is 1. The van der Waals surface area contributed by atoms with Gasteiger partial charge >= 0.3 is 0 Å². The Balaban J connectivity index is 1.95. The van der Waals surface area contributed by atoms with E-state index < -0.39 is 10.0 Å². The highest BCUT2D eigenvalue weighted by atomic mass is 32.2. The van der Waals surface area contributed by atoms with Crippen LogP contribution in [0.15, 0.2) is 17.6 Å². The van der Waals surface area contributed by atoms with E-state index in [4.69, 9.17) is 4.74 Å². The second kappa shape index (κ2) is 8.77. The molecular weight excluding hydrogens is 316 g/mol. The Morgan fingerprint density at radius 1 is 1.26 bits per heavy atom. The molecule has 0 radical (unpaired) electrons. The van der Waals surface area contributed by atoms with Gasteiger partial charge in [-0.1, -0.05) is 13.3 Å². The first-order valence-electron chi connectivity index (χ1n) is 8.32. The van der Waals surface area contributed by atoms with E-state index in [0.717, 1.165) is 52.1 Å². The Bertz CT molecular complexity index is 567. The molecule has 1 saturated heterocycles. The molecule has 1 aromatic rings. The molecule has 7 nitrogen and oxygen atoms in total. The molecule has 0 N–H and O–H groups in total. The molecule has 1 aromatic heterocycles. The topological polar surface area (TPSA) is 67.7 Å². The summed E-state index contributed by atoms with van der Waals surface area (Å²) in [5, 5.41) is 0.141. The van der Waals surface area contributed by atoms with Crippen molar-refractivity contribution in [2.45, 2.75) is 31.2 Å². The summed E-state index contributed by atoms with van der Waals surface area (Å²) in [7, 11) is -1.72. The summed E-state index contributed by atoms with van der Waals surface area (Å²) in [4.78, 5) is 6.35. The first-order chi connectivity index (χ1) is 11.0. The summed E-state index contributed by atoms with van der Waals surface area (Å²) in [6.45, 7) is 7.47. The third-order valence-corrected chi connectivity index (χ3v) is 5.82. The van der Waals surface area contributed by atoms with Gasteiger partial charge < -0.3 is 9.30 Å². The molecule has 0 aliphatic carbocycles. The second-order valence-electron chi connectivity index (χ2n) is 5.94. The van der Waals surface area contributed by atoms with Crippen molar-refractivity contribution in [2.24, 2.45) is 7.05 Å². The number of aryl methyl sites for hydroxylation is 1. The molecule has 2 rings (SSSR count). The number of hydrogen-bond donors (Lipinski definition) is 0. The monoisotopic (exact) mass is 344 g/mol. The van der Waals surface area contributed by atoms with Gasteiger partial charge in [-0.2, -0.15) is 4.31 Å². The van der Waals surface area contributed by atoms with Crippen LogP contribution in [0.2, 0.25) is 0 Å². The van der Waals surface area contributed by atoms with Gasteiger partial charge in [0.05, 0.1) is 19.5 Å². The van der Waals surface area contributed by atoms with Crippen LogP contribution in [0.25, 0.3) is 0 Å². The molecule has 2 heterocycles. The zero-order valence-electron chi connectivity index (χ0n) is 14.1. The van der Waals surface area contributed by atoms with Gasteiger partial charge in [0.1, 0.15) is 0 Å². The lowest BCUT2D eigenvalue weighted by Crippen LogP contribution is -2.39. The SMILES string of the molecule is CCCCN(CCCN1CCOCC1)S(=O)(=O)c1cn(C)cn1. The molecule has 0 amide bonds. The molecule has 1 aliphatic heterocycles. The van der Waals surface area contributed by atoms with E-state index in [1.807, 2.05) is 0 Å². The van der Waals surface area contributed by atoms with Crippen molar-refractivity contribution in [3.05, 3.63) is 12.5 Å². The average Bonchev–Trinajstić information content (AvgIpc) is 2.99. The van der Waals surface area contributed by atoms with E-state index in [0.29, 0.717) is 13.1 Å².